The third-order valence-electron chi connectivity index (χ3n) is 2.94. The summed E-state index contributed by atoms with van der Waals surface area (Å²) in [7, 11) is 0. The highest BCUT2D eigenvalue weighted by Gasteiger charge is 2.20. The van der Waals surface area contributed by atoms with Crippen LogP contribution >= 0.6 is 15.9 Å². The fraction of sp³-hybridized carbons (Fsp3) is 0.214. The highest BCUT2D eigenvalue weighted by atomic mass is 79.9. The molecule has 0 radical (unpaired) electrons. The number of amides is 1. The maximum atomic E-state index is 11.3. The SMILES string of the molecule is Cc1ccc(C(Br)c2ccc3c(c2)NC(=O)CO3)o1. The molecule has 0 spiro atoms. The standard InChI is InChI=1S/C14H12BrNO3/c1-8-2-4-12(19-8)14(15)9-3-5-11-10(6-9)16-13(17)7-18-11/h2-6,14H,7H2,1H3,(H,16,17). The zero-order chi connectivity index (χ0) is 13.4. The Balaban J connectivity index is 1.93. The van der Waals surface area contributed by atoms with E-state index >= 15 is 0 Å². The zero-order valence-electron chi connectivity index (χ0n) is 10.3. The molecule has 1 aromatic heterocycles. The number of furan rings is 1. The molecular weight excluding hydrogens is 310 g/mol. The molecule has 1 aliphatic rings. The number of halogens is 1. The van der Waals surface area contributed by atoms with E-state index in [0.29, 0.717) is 11.4 Å². The van der Waals surface area contributed by atoms with Gasteiger partial charge in [-0.15, -0.1) is 0 Å². The summed E-state index contributed by atoms with van der Waals surface area (Å²) in [5, 5.41) is 2.80. The van der Waals surface area contributed by atoms with E-state index in [2.05, 4.69) is 21.2 Å². The number of nitrogens with one attached hydrogen (secondary N) is 1. The van der Waals surface area contributed by atoms with Crippen LogP contribution in [0.3, 0.4) is 0 Å². The van der Waals surface area contributed by atoms with Crippen LogP contribution in [0, 0.1) is 6.92 Å². The van der Waals surface area contributed by atoms with Gasteiger partial charge in [-0.25, -0.2) is 0 Å². The number of ether oxygens (including phenoxy) is 1. The summed E-state index contributed by atoms with van der Waals surface area (Å²) >= 11 is 3.60. The minimum atomic E-state index is -0.135. The molecule has 0 aliphatic carbocycles. The first-order valence-electron chi connectivity index (χ1n) is 5.90. The predicted molar refractivity (Wildman–Crippen MR) is 74.8 cm³/mol. The van der Waals surface area contributed by atoms with Gasteiger partial charge in [0.25, 0.3) is 5.91 Å². The molecule has 0 saturated carbocycles. The second-order valence-electron chi connectivity index (χ2n) is 4.40. The summed E-state index contributed by atoms with van der Waals surface area (Å²) in [6.07, 6.45) is 0. The molecule has 19 heavy (non-hydrogen) atoms. The Morgan fingerprint density at radius 2 is 2.16 bits per heavy atom. The van der Waals surface area contributed by atoms with Crippen molar-refractivity contribution in [2.45, 2.75) is 11.8 Å². The van der Waals surface area contributed by atoms with Gasteiger partial charge >= 0.3 is 0 Å². The van der Waals surface area contributed by atoms with Crippen LogP contribution in [0.1, 0.15) is 21.9 Å². The average Bonchev–Trinajstić information content (AvgIpc) is 2.83. The Bertz CT molecular complexity index is 635. The molecule has 1 unspecified atom stereocenters. The number of carbonyl (C=O) groups is 1. The van der Waals surface area contributed by atoms with Gasteiger partial charge < -0.3 is 14.5 Å². The van der Waals surface area contributed by atoms with E-state index in [-0.39, 0.29) is 17.3 Å². The van der Waals surface area contributed by atoms with Crippen molar-refractivity contribution in [3.8, 4) is 5.75 Å². The molecule has 1 amide bonds. The quantitative estimate of drug-likeness (QED) is 0.862. The van der Waals surface area contributed by atoms with Gasteiger partial charge in [-0.05, 0) is 36.8 Å². The third-order valence-corrected chi connectivity index (χ3v) is 3.92. The van der Waals surface area contributed by atoms with Gasteiger partial charge in [0.15, 0.2) is 6.61 Å². The van der Waals surface area contributed by atoms with Gasteiger partial charge in [0, 0.05) is 0 Å². The topological polar surface area (TPSA) is 51.5 Å². The Labute approximate surface area is 118 Å². The van der Waals surface area contributed by atoms with Crippen LogP contribution in [0.2, 0.25) is 0 Å². The van der Waals surface area contributed by atoms with E-state index in [1.165, 1.54) is 0 Å². The number of benzene rings is 1. The molecule has 0 saturated heterocycles. The van der Waals surface area contributed by atoms with E-state index < -0.39 is 0 Å². The molecule has 2 heterocycles. The first kappa shape index (κ1) is 12.3. The molecule has 1 N–H and O–H groups in total. The highest BCUT2D eigenvalue weighted by molar-refractivity contribution is 9.09. The lowest BCUT2D eigenvalue weighted by molar-refractivity contribution is -0.118. The van der Waals surface area contributed by atoms with Gasteiger partial charge in [-0.3, -0.25) is 4.79 Å². The fourth-order valence-corrected chi connectivity index (χ4v) is 2.54. The average molecular weight is 322 g/mol. The molecule has 98 valence electrons. The minimum Gasteiger partial charge on any atom is -0.482 e. The molecular formula is C14H12BrNO3. The number of carbonyl (C=O) groups excluding carboxylic acids is 1. The Morgan fingerprint density at radius 3 is 2.89 bits per heavy atom. The molecule has 1 aliphatic heterocycles. The van der Waals surface area contributed by atoms with Crippen molar-refractivity contribution in [3.63, 3.8) is 0 Å². The normalized spacial score (nSPS) is 15.4. The fourth-order valence-electron chi connectivity index (χ4n) is 2.01. The molecule has 1 atom stereocenters. The van der Waals surface area contributed by atoms with Gasteiger partial charge in [-0.1, -0.05) is 22.0 Å². The third kappa shape index (κ3) is 2.38. The van der Waals surface area contributed by atoms with E-state index in [9.17, 15) is 4.79 Å². The summed E-state index contributed by atoms with van der Waals surface area (Å²) in [4.78, 5) is 11.3. The lowest BCUT2D eigenvalue weighted by Crippen LogP contribution is -2.25. The van der Waals surface area contributed by atoms with Crippen LogP contribution in [0.4, 0.5) is 5.69 Å². The van der Waals surface area contributed by atoms with Crippen LogP contribution in [0.15, 0.2) is 34.7 Å². The van der Waals surface area contributed by atoms with Crippen LogP contribution in [-0.2, 0) is 4.79 Å². The van der Waals surface area contributed by atoms with E-state index in [1.54, 1.807) is 0 Å². The maximum Gasteiger partial charge on any atom is 0.262 e. The smallest absolute Gasteiger partial charge is 0.262 e. The Morgan fingerprint density at radius 1 is 1.32 bits per heavy atom. The monoisotopic (exact) mass is 321 g/mol. The van der Waals surface area contributed by atoms with E-state index in [0.717, 1.165) is 17.1 Å². The van der Waals surface area contributed by atoms with Crippen molar-refractivity contribution in [1.82, 2.24) is 0 Å². The predicted octanol–water partition coefficient (Wildman–Crippen LogP) is 3.40. The summed E-state index contributed by atoms with van der Waals surface area (Å²) in [6.45, 7) is 1.98. The van der Waals surface area contributed by atoms with E-state index in [1.807, 2.05) is 37.3 Å². The number of hydrogen-bond acceptors (Lipinski definition) is 3. The largest absolute Gasteiger partial charge is 0.482 e. The summed E-state index contributed by atoms with van der Waals surface area (Å²) < 4.78 is 10.9. The Hall–Kier alpha value is -1.75. The number of aryl methyl sites for hydroxylation is 1. The van der Waals surface area contributed by atoms with Crippen LogP contribution in [0.5, 0.6) is 5.75 Å². The van der Waals surface area contributed by atoms with Crippen LogP contribution in [-0.4, -0.2) is 12.5 Å². The highest BCUT2D eigenvalue weighted by Crippen LogP contribution is 2.37. The number of hydrogen-bond donors (Lipinski definition) is 1. The van der Waals surface area contributed by atoms with Crippen LogP contribution in [0.25, 0.3) is 0 Å². The second-order valence-corrected chi connectivity index (χ2v) is 5.32. The van der Waals surface area contributed by atoms with Gasteiger partial charge in [0.2, 0.25) is 0 Å². The van der Waals surface area contributed by atoms with Crippen molar-refractivity contribution in [2.75, 3.05) is 11.9 Å². The van der Waals surface area contributed by atoms with Crippen molar-refractivity contribution in [1.29, 1.82) is 0 Å². The lowest BCUT2D eigenvalue weighted by atomic mass is 10.1. The second kappa shape index (κ2) is 4.74. The number of fused-ring (bicyclic) bond motifs is 1. The maximum absolute atomic E-state index is 11.3. The molecule has 0 bridgehead atoms. The van der Waals surface area contributed by atoms with Gasteiger partial charge in [-0.2, -0.15) is 0 Å². The first-order valence-corrected chi connectivity index (χ1v) is 6.82. The minimum absolute atomic E-state index is 0.0506. The van der Waals surface area contributed by atoms with Gasteiger partial charge in [0.05, 0.1) is 10.5 Å². The lowest BCUT2D eigenvalue weighted by Gasteiger charge is -2.19. The summed E-state index contributed by atoms with van der Waals surface area (Å²) in [5.74, 6) is 2.26. The van der Waals surface area contributed by atoms with Crippen molar-refractivity contribution in [3.05, 3.63) is 47.4 Å². The Kier molecular flexibility index (Phi) is 3.06. The molecule has 2 aromatic rings. The van der Waals surface area contributed by atoms with E-state index in [4.69, 9.17) is 9.15 Å². The zero-order valence-corrected chi connectivity index (χ0v) is 11.9. The van der Waals surface area contributed by atoms with Crippen LogP contribution < -0.4 is 10.1 Å². The van der Waals surface area contributed by atoms with Crippen molar-refractivity contribution in [2.24, 2.45) is 0 Å². The molecule has 0 fully saturated rings. The molecule has 3 rings (SSSR count). The van der Waals surface area contributed by atoms with Crippen molar-refractivity contribution < 1.29 is 13.9 Å². The summed E-state index contributed by atoms with van der Waals surface area (Å²) in [5.41, 5.74) is 1.69. The molecule has 4 nitrogen and oxygen atoms in total. The number of alkyl halides is 1. The molecule has 5 heteroatoms. The molecule has 1 aromatic carbocycles. The van der Waals surface area contributed by atoms with Crippen molar-refractivity contribution >= 4 is 27.5 Å². The number of rotatable bonds is 2. The van der Waals surface area contributed by atoms with Gasteiger partial charge in [0.1, 0.15) is 17.3 Å². The summed E-state index contributed by atoms with van der Waals surface area (Å²) in [6, 6.07) is 9.56. The number of anilines is 1. The first-order chi connectivity index (χ1) is 9.13.